The molecular formula is C15H25N5O. The van der Waals surface area contributed by atoms with Gasteiger partial charge in [-0.05, 0) is 25.8 Å². The lowest BCUT2D eigenvalue weighted by molar-refractivity contribution is 0.0942. The van der Waals surface area contributed by atoms with Gasteiger partial charge in [-0.3, -0.25) is 9.69 Å². The maximum Gasteiger partial charge on any atom is 0.271 e. The minimum absolute atomic E-state index is 0.156. The number of hydrogen-bond donors (Lipinski definition) is 2. The van der Waals surface area contributed by atoms with Crippen LogP contribution in [0.15, 0.2) is 12.4 Å². The van der Waals surface area contributed by atoms with E-state index in [1.54, 1.807) is 6.20 Å². The predicted octanol–water partition coefficient (Wildman–Crippen LogP) is 1.51. The zero-order chi connectivity index (χ0) is 15.1. The van der Waals surface area contributed by atoms with Crippen molar-refractivity contribution in [3.63, 3.8) is 0 Å². The third kappa shape index (κ3) is 4.97. The van der Waals surface area contributed by atoms with Crippen LogP contribution in [0.3, 0.4) is 0 Å². The molecule has 6 nitrogen and oxygen atoms in total. The van der Waals surface area contributed by atoms with Crippen molar-refractivity contribution in [3.05, 3.63) is 18.1 Å². The maximum atomic E-state index is 12.0. The molecule has 0 aromatic carbocycles. The molecule has 1 aromatic heterocycles. The van der Waals surface area contributed by atoms with Crippen molar-refractivity contribution in [2.75, 3.05) is 31.5 Å². The summed E-state index contributed by atoms with van der Waals surface area (Å²) in [6.45, 7) is 7.70. The van der Waals surface area contributed by atoms with E-state index in [0.29, 0.717) is 18.1 Å². The van der Waals surface area contributed by atoms with E-state index >= 15 is 0 Å². The number of nitrogens with one attached hydrogen (secondary N) is 2. The molecule has 1 fully saturated rings. The number of anilines is 1. The number of aromatic nitrogens is 2. The average Bonchev–Trinajstić information content (AvgIpc) is 3.34. The Morgan fingerprint density at radius 1 is 1.29 bits per heavy atom. The summed E-state index contributed by atoms with van der Waals surface area (Å²) >= 11 is 0. The Morgan fingerprint density at radius 2 is 2.10 bits per heavy atom. The van der Waals surface area contributed by atoms with Crippen LogP contribution in [0.1, 0.15) is 43.6 Å². The molecule has 116 valence electrons. The van der Waals surface area contributed by atoms with Crippen molar-refractivity contribution in [3.8, 4) is 0 Å². The molecule has 1 heterocycles. The molecule has 0 saturated heterocycles. The van der Waals surface area contributed by atoms with Crippen molar-refractivity contribution in [2.45, 2.75) is 39.2 Å². The summed E-state index contributed by atoms with van der Waals surface area (Å²) in [5.74, 6) is 0.552. The van der Waals surface area contributed by atoms with Crippen LogP contribution in [0.2, 0.25) is 0 Å². The lowest BCUT2D eigenvalue weighted by Crippen LogP contribution is -2.36. The van der Waals surface area contributed by atoms with Gasteiger partial charge in [0.05, 0.1) is 12.4 Å². The molecule has 0 aliphatic heterocycles. The number of amides is 1. The molecule has 0 atom stereocenters. The van der Waals surface area contributed by atoms with Gasteiger partial charge >= 0.3 is 0 Å². The van der Waals surface area contributed by atoms with Gasteiger partial charge in [0, 0.05) is 25.7 Å². The van der Waals surface area contributed by atoms with E-state index in [1.807, 2.05) is 0 Å². The summed E-state index contributed by atoms with van der Waals surface area (Å²) in [5, 5.41) is 6.04. The average molecular weight is 291 g/mol. The Kier molecular flexibility index (Phi) is 5.92. The highest BCUT2D eigenvalue weighted by molar-refractivity contribution is 5.91. The lowest BCUT2D eigenvalue weighted by Gasteiger charge is -2.19. The first kappa shape index (κ1) is 15.7. The first-order valence-electron chi connectivity index (χ1n) is 7.82. The highest BCUT2D eigenvalue weighted by Gasteiger charge is 2.27. The van der Waals surface area contributed by atoms with Crippen LogP contribution in [0.25, 0.3) is 0 Å². The van der Waals surface area contributed by atoms with Crippen LogP contribution >= 0.6 is 0 Å². The summed E-state index contributed by atoms with van der Waals surface area (Å²) in [4.78, 5) is 22.7. The van der Waals surface area contributed by atoms with Crippen molar-refractivity contribution >= 4 is 11.7 Å². The quantitative estimate of drug-likeness (QED) is 0.722. The molecule has 0 spiro atoms. The largest absolute Gasteiger partial charge is 0.369 e. The highest BCUT2D eigenvalue weighted by atomic mass is 16.1. The zero-order valence-electron chi connectivity index (χ0n) is 12.9. The van der Waals surface area contributed by atoms with Crippen molar-refractivity contribution in [2.24, 2.45) is 0 Å². The minimum atomic E-state index is -0.156. The van der Waals surface area contributed by atoms with E-state index in [9.17, 15) is 4.79 Å². The molecule has 2 N–H and O–H groups in total. The van der Waals surface area contributed by atoms with Crippen molar-refractivity contribution in [1.82, 2.24) is 20.2 Å². The summed E-state index contributed by atoms with van der Waals surface area (Å²) in [6, 6.07) is 0.732. The second-order valence-electron chi connectivity index (χ2n) is 5.33. The molecule has 0 unspecified atom stereocenters. The van der Waals surface area contributed by atoms with E-state index in [1.165, 1.54) is 19.0 Å². The Labute approximate surface area is 126 Å². The third-order valence-electron chi connectivity index (χ3n) is 3.59. The second kappa shape index (κ2) is 7.93. The van der Waals surface area contributed by atoms with E-state index in [4.69, 9.17) is 0 Å². The van der Waals surface area contributed by atoms with Crippen molar-refractivity contribution < 1.29 is 4.79 Å². The molecule has 1 aliphatic rings. The Bertz CT molecular complexity index is 444. The number of carbonyl (C=O) groups is 1. The summed E-state index contributed by atoms with van der Waals surface area (Å²) < 4.78 is 0. The molecule has 2 rings (SSSR count). The minimum Gasteiger partial charge on any atom is -0.369 e. The van der Waals surface area contributed by atoms with Crippen LogP contribution in [-0.4, -0.2) is 53.0 Å². The van der Waals surface area contributed by atoms with Gasteiger partial charge in [0.2, 0.25) is 0 Å². The topological polar surface area (TPSA) is 70.2 Å². The summed E-state index contributed by atoms with van der Waals surface area (Å²) in [7, 11) is 0. The van der Waals surface area contributed by atoms with Gasteiger partial charge in [-0.25, -0.2) is 9.97 Å². The first-order valence-corrected chi connectivity index (χ1v) is 7.82. The molecule has 0 radical (unpaired) electrons. The molecule has 1 aliphatic carbocycles. The standard InChI is InChI=1S/C15H25N5O/c1-3-7-16-14-11-18-13(10-19-14)15(21)17-8-9-20(4-2)12-5-6-12/h10-12H,3-9H2,1-2H3,(H,16,19)(H,17,21). The normalized spacial score (nSPS) is 14.2. The zero-order valence-corrected chi connectivity index (χ0v) is 12.9. The summed E-state index contributed by atoms with van der Waals surface area (Å²) in [5.41, 5.74) is 0.367. The molecule has 6 heteroatoms. The fourth-order valence-electron chi connectivity index (χ4n) is 2.23. The monoisotopic (exact) mass is 291 g/mol. The van der Waals surface area contributed by atoms with Crippen LogP contribution in [0, 0.1) is 0 Å². The molecule has 1 saturated carbocycles. The summed E-state index contributed by atoms with van der Waals surface area (Å²) in [6.07, 6.45) is 6.73. The van der Waals surface area contributed by atoms with Gasteiger partial charge in [-0.2, -0.15) is 0 Å². The maximum absolute atomic E-state index is 12.0. The van der Waals surface area contributed by atoms with Gasteiger partial charge in [0.1, 0.15) is 11.5 Å². The van der Waals surface area contributed by atoms with Crippen molar-refractivity contribution in [1.29, 1.82) is 0 Å². The number of rotatable bonds is 9. The number of hydrogen-bond acceptors (Lipinski definition) is 5. The van der Waals surface area contributed by atoms with E-state index in [2.05, 4.69) is 39.3 Å². The van der Waals surface area contributed by atoms with Gasteiger partial charge in [-0.1, -0.05) is 13.8 Å². The highest BCUT2D eigenvalue weighted by Crippen LogP contribution is 2.25. The fraction of sp³-hybridized carbons (Fsp3) is 0.667. The van der Waals surface area contributed by atoms with Gasteiger partial charge in [0.25, 0.3) is 5.91 Å². The third-order valence-corrected chi connectivity index (χ3v) is 3.59. The second-order valence-corrected chi connectivity index (χ2v) is 5.33. The molecule has 1 amide bonds. The number of likely N-dealkylation sites (N-methyl/N-ethyl adjacent to an activating group) is 1. The molecule has 0 bridgehead atoms. The van der Waals surface area contributed by atoms with Gasteiger partial charge in [-0.15, -0.1) is 0 Å². The van der Waals surface area contributed by atoms with E-state index in [0.717, 1.165) is 32.1 Å². The van der Waals surface area contributed by atoms with E-state index < -0.39 is 0 Å². The Balaban J connectivity index is 1.74. The van der Waals surface area contributed by atoms with Crippen LogP contribution < -0.4 is 10.6 Å². The van der Waals surface area contributed by atoms with Crippen LogP contribution in [-0.2, 0) is 0 Å². The molecular weight excluding hydrogens is 266 g/mol. The molecule has 21 heavy (non-hydrogen) atoms. The molecule has 1 aromatic rings. The predicted molar refractivity (Wildman–Crippen MR) is 83.4 cm³/mol. The lowest BCUT2D eigenvalue weighted by atomic mass is 10.4. The smallest absolute Gasteiger partial charge is 0.271 e. The SMILES string of the molecule is CCCNc1cnc(C(=O)NCCN(CC)C2CC2)cn1. The van der Waals surface area contributed by atoms with Crippen LogP contribution in [0.4, 0.5) is 5.82 Å². The van der Waals surface area contributed by atoms with Crippen LogP contribution in [0.5, 0.6) is 0 Å². The Hall–Kier alpha value is -1.69. The number of carbonyl (C=O) groups excluding carboxylic acids is 1. The van der Waals surface area contributed by atoms with Gasteiger partial charge in [0.15, 0.2) is 0 Å². The number of nitrogens with zero attached hydrogens (tertiary/aromatic N) is 3. The fourth-order valence-corrected chi connectivity index (χ4v) is 2.23. The van der Waals surface area contributed by atoms with Gasteiger partial charge < -0.3 is 10.6 Å². The first-order chi connectivity index (χ1) is 10.2. The Morgan fingerprint density at radius 3 is 2.67 bits per heavy atom. The van der Waals surface area contributed by atoms with E-state index in [-0.39, 0.29) is 5.91 Å².